The molecule has 0 saturated carbocycles. The van der Waals surface area contributed by atoms with E-state index < -0.39 is 0 Å². The van der Waals surface area contributed by atoms with E-state index in [9.17, 15) is 0 Å². The van der Waals surface area contributed by atoms with Gasteiger partial charge in [0.05, 0.1) is 0 Å². The summed E-state index contributed by atoms with van der Waals surface area (Å²) in [6.07, 6.45) is 0. The van der Waals surface area contributed by atoms with E-state index in [1.54, 1.807) is 0 Å². The van der Waals surface area contributed by atoms with Crippen LogP contribution in [0.2, 0.25) is 3.98 Å². The molecule has 4 heavy (non-hydrogen) atoms. The van der Waals surface area contributed by atoms with Gasteiger partial charge in [0.15, 0.2) is 0 Å². The van der Waals surface area contributed by atoms with Gasteiger partial charge in [-0.15, -0.1) is 0 Å². The van der Waals surface area contributed by atoms with Crippen LogP contribution in [0.25, 0.3) is 0 Å². The molecule has 2 radical (unpaired) electrons. The first-order valence-corrected chi connectivity index (χ1v) is 9.70. The minimum absolute atomic E-state index is 0.239. The van der Waals surface area contributed by atoms with Crippen LogP contribution in [0.1, 0.15) is 6.92 Å². The van der Waals surface area contributed by atoms with Crippen molar-refractivity contribution in [2.75, 3.05) is 0 Å². The van der Waals surface area contributed by atoms with E-state index in [2.05, 4.69) is 16.1 Å². The molecule has 0 unspecified atom stereocenters. The molecule has 0 aliphatic carbocycles. The minimum atomic E-state index is -0.239. The summed E-state index contributed by atoms with van der Waals surface area (Å²) >= 11 is -0.239. The van der Waals surface area contributed by atoms with Crippen molar-refractivity contribution in [1.29, 1.82) is 0 Å². The van der Waals surface area contributed by atoms with Gasteiger partial charge in [-0.25, -0.2) is 0 Å². The molecular formula is C2H6PbS. The van der Waals surface area contributed by atoms with Gasteiger partial charge >= 0.3 is 42.8 Å². The predicted octanol–water partition coefficient (Wildman–Crippen LogP) is 0.974. The molecule has 0 aromatic heterocycles. The van der Waals surface area contributed by atoms with E-state index >= 15 is 0 Å². The summed E-state index contributed by atoms with van der Waals surface area (Å²) in [5, 5.41) is 0. The monoisotopic (exact) mass is 270 g/mol. The SMILES string of the molecule is C[CH2][Pb][SH]. The Morgan fingerprint density at radius 2 is 2.25 bits per heavy atom. The first kappa shape index (κ1) is 5.27. The van der Waals surface area contributed by atoms with Crippen molar-refractivity contribution >= 4 is 31.9 Å². The third-order valence-electron chi connectivity index (χ3n) is 0.158. The molecule has 0 atom stereocenters. The Kier molecular flexibility index (Phi) is 5.63. The van der Waals surface area contributed by atoms with Crippen LogP contribution in [0, 0.1) is 0 Å². The molecule has 0 nitrogen and oxygen atoms in total. The average Bonchev–Trinajstić information content (AvgIpc) is 1.37. The maximum atomic E-state index is 4.11. The molecule has 0 aliphatic heterocycles. The fourth-order valence-corrected chi connectivity index (χ4v) is 0. The molecule has 0 aliphatic rings. The summed E-state index contributed by atoms with van der Waals surface area (Å²) < 4.78 is 1.38. The quantitative estimate of drug-likeness (QED) is 0.532. The van der Waals surface area contributed by atoms with E-state index in [4.69, 9.17) is 0 Å². The fourth-order valence-electron chi connectivity index (χ4n) is 0. The Morgan fingerprint density at radius 1 is 2.00 bits per heavy atom. The molecule has 0 heterocycles. The Labute approximate surface area is 42.8 Å². The molecule has 0 N–H and O–H groups in total. The zero-order chi connectivity index (χ0) is 3.41. The molecular weight excluding hydrogens is 263 g/mol. The summed E-state index contributed by atoms with van der Waals surface area (Å²) in [5.74, 6) is 0. The zero-order valence-corrected chi connectivity index (χ0v) is 7.44. The van der Waals surface area contributed by atoms with Crippen molar-refractivity contribution in [3.8, 4) is 0 Å². The normalized spacial score (nSPS) is 7.50. The van der Waals surface area contributed by atoms with E-state index in [1.807, 2.05) is 0 Å². The predicted molar refractivity (Wildman–Crippen MR) is 25.2 cm³/mol. The molecule has 24 valence electrons. The van der Waals surface area contributed by atoms with Crippen LogP contribution in [0.5, 0.6) is 0 Å². The summed E-state index contributed by atoms with van der Waals surface area (Å²) in [5.41, 5.74) is 0. The summed E-state index contributed by atoms with van der Waals surface area (Å²) in [7, 11) is 4.11. The molecule has 0 aromatic rings. The van der Waals surface area contributed by atoms with Crippen molar-refractivity contribution in [1.82, 2.24) is 0 Å². The number of rotatable bonds is 1. The van der Waals surface area contributed by atoms with Crippen LogP contribution in [0.3, 0.4) is 0 Å². The van der Waals surface area contributed by atoms with Gasteiger partial charge in [0, 0.05) is 0 Å². The average molecular weight is 269 g/mol. The van der Waals surface area contributed by atoms with Gasteiger partial charge in [-0.3, -0.25) is 0 Å². The van der Waals surface area contributed by atoms with E-state index in [0.717, 1.165) is 0 Å². The Balaban J connectivity index is 1.97. The summed E-state index contributed by atoms with van der Waals surface area (Å²) in [6, 6.07) is 0. The van der Waals surface area contributed by atoms with E-state index in [0.29, 0.717) is 0 Å². The molecule has 0 bridgehead atoms. The summed E-state index contributed by atoms with van der Waals surface area (Å²) in [6.45, 7) is 2.19. The fraction of sp³-hybridized carbons (Fsp3) is 1.00. The van der Waals surface area contributed by atoms with E-state index in [-0.39, 0.29) is 22.7 Å². The molecule has 0 spiro atoms. The van der Waals surface area contributed by atoms with Gasteiger partial charge in [0.25, 0.3) is 0 Å². The second-order valence-electron chi connectivity index (χ2n) is 0.512. The van der Waals surface area contributed by atoms with Crippen molar-refractivity contribution < 1.29 is 0 Å². The van der Waals surface area contributed by atoms with Crippen molar-refractivity contribution in [2.24, 2.45) is 0 Å². The second kappa shape index (κ2) is 4.27. The molecule has 2 heteroatoms. The third kappa shape index (κ3) is 3.27. The van der Waals surface area contributed by atoms with Gasteiger partial charge < -0.3 is 0 Å². The third-order valence-corrected chi connectivity index (χ3v) is 4.16. The van der Waals surface area contributed by atoms with Crippen molar-refractivity contribution in [3.63, 3.8) is 0 Å². The standard InChI is InChI=1S/C2H5.Pb.H2S/c1-2;;/h1H2,2H3;;1H2/q;+1;/p-1. The first-order valence-electron chi connectivity index (χ1n) is 1.28. The Hall–Kier alpha value is 1.27. The maximum absolute atomic E-state index is 4.11. The van der Waals surface area contributed by atoms with Crippen LogP contribution in [-0.2, 0) is 0 Å². The molecule has 0 fully saturated rings. The van der Waals surface area contributed by atoms with E-state index in [1.165, 1.54) is 3.98 Å². The van der Waals surface area contributed by atoms with Crippen LogP contribution >= 0.6 is 9.18 Å². The zero-order valence-electron chi connectivity index (χ0n) is 2.65. The van der Waals surface area contributed by atoms with Crippen LogP contribution in [0.4, 0.5) is 0 Å². The van der Waals surface area contributed by atoms with Gasteiger partial charge in [-0.2, -0.15) is 0 Å². The number of hydrogen-bond acceptors (Lipinski definition) is 1. The molecule has 0 aromatic carbocycles. The molecule has 0 saturated heterocycles. The Bertz CT molecular complexity index is 8.00. The van der Waals surface area contributed by atoms with Gasteiger partial charge in [0.1, 0.15) is 0 Å². The second-order valence-corrected chi connectivity index (χ2v) is 7.26. The topological polar surface area (TPSA) is 0 Å². The van der Waals surface area contributed by atoms with Crippen LogP contribution in [0.15, 0.2) is 0 Å². The Morgan fingerprint density at radius 3 is 2.25 bits per heavy atom. The van der Waals surface area contributed by atoms with Gasteiger partial charge in [-0.1, -0.05) is 0 Å². The molecule has 0 amide bonds. The molecule has 0 rings (SSSR count). The van der Waals surface area contributed by atoms with Crippen molar-refractivity contribution in [2.45, 2.75) is 10.9 Å². The van der Waals surface area contributed by atoms with Crippen molar-refractivity contribution in [3.05, 3.63) is 0 Å². The van der Waals surface area contributed by atoms with Gasteiger partial charge in [-0.05, 0) is 0 Å². The van der Waals surface area contributed by atoms with Crippen LogP contribution in [-0.4, -0.2) is 22.7 Å². The van der Waals surface area contributed by atoms with Gasteiger partial charge in [0.2, 0.25) is 0 Å². The number of thiol groups is 1. The first-order chi connectivity index (χ1) is 1.91. The number of hydrogen-bond donors (Lipinski definition) is 1. The van der Waals surface area contributed by atoms with Crippen LogP contribution < -0.4 is 0 Å². The summed E-state index contributed by atoms with van der Waals surface area (Å²) in [4.78, 5) is 0.